The first kappa shape index (κ1) is 17.7. The van der Waals surface area contributed by atoms with Crippen molar-refractivity contribution in [3.05, 3.63) is 83.3 Å². The molecule has 0 radical (unpaired) electrons. The number of nitrogens with one attached hydrogen (secondary N) is 2. The van der Waals surface area contributed by atoms with Crippen molar-refractivity contribution in [3.8, 4) is 23.4 Å². The largest absolute Gasteiger partial charge is 0.345 e. The Morgan fingerprint density at radius 1 is 1.11 bits per heavy atom. The quantitative estimate of drug-likeness (QED) is 0.687. The van der Waals surface area contributed by atoms with Crippen LogP contribution in [0.1, 0.15) is 22.5 Å². The van der Waals surface area contributed by atoms with Crippen LogP contribution in [0.15, 0.2) is 60.8 Å². The van der Waals surface area contributed by atoms with Crippen LogP contribution in [0.3, 0.4) is 0 Å². The van der Waals surface area contributed by atoms with E-state index < -0.39 is 0 Å². The molecule has 0 aliphatic heterocycles. The molecule has 130 valence electrons. The molecule has 27 heavy (non-hydrogen) atoms. The molecule has 6 nitrogen and oxygen atoms in total. The molecule has 0 saturated heterocycles. The van der Waals surface area contributed by atoms with Gasteiger partial charge in [-0.15, -0.1) is 0 Å². The summed E-state index contributed by atoms with van der Waals surface area (Å²) in [6.45, 7) is 0.249. The van der Waals surface area contributed by atoms with E-state index in [1.807, 2.05) is 18.2 Å². The summed E-state index contributed by atoms with van der Waals surface area (Å²) in [5.74, 6) is 0.349. The summed E-state index contributed by atoms with van der Waals surface area (Å²) in [7, 11) is 0. The Morgan fingerprint density at radius 3 is 2.63 bits per heavy atom. The number of nitrogens with zero attached hydrogens (tertiary/aromatic N) is 3. The number of nitriles is 2. The third kappa shape index (κ3) is 4.68. The molecule has 0 unspecified atom stereocenters. The summed E-state index contributed by atoms with van der Waals surface area (Å²) in [6, 6.07) is 18.4. The Hall–Kier alpha value is -4.16. The van der Waals surface area contributed by atoms with Gasteiger partial charge in [0.2, 0.25) is 5.91 Å². The Morgan fingerprint density at radius 2 is 1.85 bits per heavy atom. The molecule has 0 aliphatic carbocycles. The lowest BCUT2D eigenvalue weighted by molar-refractivity contribution is -0.116. The van der Waals surface area contributed by atoms with E-state index in [1.54, 1.807) is 42.6 Å². The van der Waals surface area contributed by atoms with Gasteiger partial charge in [0, 0.05) is 11.6 Å². The number of rotatable bonds is 5. The van der Waals surface area contributed by atoms with Gasteiger partial charge in [0.1, 0.15) is 5.82 Å². The predicted octanol–water partition coefficient (Wildman–Crippen LogP) is 3.15. The van der Waals surface area contributed by atoms with Crippen molar-refractivity contribution in [1.29, 1.82) is 10.5 Å². The Kier molecular flexibility index (Phi) is 5.42. The molecule has 0 spiro atoms. The first-order valence-electron chi connectivity index (χ1n) is 8.18. The van der Waals surface area contributed by atoms with E-state index in [0.29, 0.717) is 17.0 Å². The van der Waals surface area contributed by atoms with Crippen LogP contribution < -0.4 is 5.32 Å². The fourth-order valence-corrected chi connectivity index (χ4v) is 2.47. The fourth-order valence-electron chi connectivity index (χ4n) is 2.47. The molecular formula is C21H15N5O. The molecule has 1 heterocycles. The molecule has 3 rings (SSSR count). The number of hydrogen-bond donors (Lipinski definition) is 2. The lowest BCUT2D eigenvalue weighted by atomic mass is 10.1. The van der Waals surface area contributed by atoms with Gasteiger partial charge >= 0.3 is 0 Å². The van der Waals surface area contributed by atoms with Gasteiger partial charge in [-0.1, -0.05) is 24.3 Å². The number of imidazole rings is 1. The summed E-state index contributed by atoms with van der Waals surface area (Å²) in [6.07, 6.45) is 4.73. The zero-order valence-corrected chi connectivity index (χ0v) is 14.3. The number of amides is 1. The van der Waals surface area contributed by atoms with Crippen LogP contribution in [0.5, 0.6) is 0 Å². The molecule has 3 aromatic rings. The Labute approximate surface area is 156 Å². The first-order chi connectivity index (χ1) is 13.2. The maximum atomic E-state index is 12.0. The summed E-state index contributed by atoms with van der Waals surface area (Å²) < 4.78 is 0. The van der Waals surface area contributed by atoms with E-state index in [9.17, 15) is 4.79 Å². The van der Waals surface area contributed by atoms with Crippen LogP contribution in [-0.2, 0) is 11.3 Å². The van der Waals surface area contributed by atoms with Crippen LogP contribution in [0.4, 0.5) is 0 Å². The van der Waals surface area contributed by atoms with Crippen molar-refractivity contribution in [2.24, 2.45) is 0 Å². The summed E-state index contributed by atoms with van der Waals surface area (Å²) in [5.41, 5.74) is 3.53. The second kappa shape index (κ2) is 8.28. The molecule has 1 aromatic heterocycles. The minimum Gasteiger partial charge on any atom is -0.345 e. The van der Waals surface area contributed by atoms with E-state index in [-0.39, 0.29) is 12.5 Å². The third-order valence-corrected chi connectivity index (χ3v) is 3.80. The molecule has 0 saturated carbocycles. The SMILES string of the molecule is N#Cc1cccc(C=CC(=O)NCc2ncc(-c3cccc(C#N)c3)[nH]2)c1. The normalized spacial score (nSPS) is 10.3. The number of carbonyl (C=O) groups excluding carboxylic acids is 1. The second-order valence-electron chi connectivity index (χ2n) is 5.72. The summed E-state index contributed by atoms with van der Waals surface area (Å²) in [4.78, 5) is 19.3. The zero-order chi connectivity index (χ0) is 19.1. The molecule has 0 fully saturated rings. The van der Waals surface area contributed by atoms with Crippen LogP contribution in [-0.4, -0.2) is 15.9 Å². The van der Waals surface area contributed by atoms with Gasteiger partial charge in [0.15, 0.2) is 0 Å². The van der Waals surface area contributed by atoms with Crippen LogP contribution in [0.25, 0.3) is 17.3 Å². The van der Waals surface area contributed by atoms with Gasteiger partial charge in [-0.25, -0.2) is 4.98 Å². The topological polar surface area (TPSA) is 105 Å². The van der Waals surface area contributed by atoms with E-state index >= 15 is 0 Å². The predicted molar refractivity (Wildman–Crippen MR) is 101 cm³/mol. The van der Waals surface area contributed by atoms with Gasteiger partial charge in [-0.3, -0.25) is 4.79 Å². The lowest BCUT2D eigenvalue weighted by Gasteiger charge is -2.00. The molecule has 2 N–H and O–H groups in total. The van der Waals surface area contributed by atoms with Crippen molar-refractivity contribution in [2.45, 2.75) is 6.54 Å². The van der Waals surface area contributed by atoms with Gasteiger partial charge in [0.05, 0.1) is 41.7 Å². The highest BCUT2D eigenvalue weighted by atomic mass is 16.1. The monoisotopic (exact) mass is 353 g/mol. The lowest BCUT2D eigenvalue weighted by Crippen LogP contribution is -2.20. The number of carbonyl (C=O) groups is 1. The summed E-state index contributed by atoms with van der Waals surface area (Å²) >= 11 is 0. The molecule has 6 heteroatoms. The molecule has 0 atom stereocenters. The minimum absolute atomic E-state index is 0.249. The van der Waals surface area contributed by atoms with Crippen molar-refractivity contribution < 1.29 is 4.79 Å². The summed E-state index contributed by atoms with van der Waals surface area (Å²) in [5, 5.41) is 20.6. The Balaban J connectivity index is 1.59. The van der Waals surface area contributed by atoms with Crippen molar-refractivity contribution in [3.63, 3.8) is 0 Å². The molecule has 2 aromatic carbocycles. The van der Waals surface area contributed by atoms with E-state index in [1.165, 1.54) is 6.08 Å². The maximum absolute atomic E-state index is 12.0. The number of benzene rings is 2. The fraction of sp³-hybridized carbons (Fsp3) is 0.0476. The number of hydrogen-bond acceptors (Lipinski definition) is 4. The van der Waals surface area contributed by atoms with E-state index in [4.69, 9.17) is 10.5 Å². The van der Waals surface area contributed by atoms with Crippen molar-refractivity contribution in [2.75, 3.05) is 0 Å². The molecular weight excluding hydrogens is 338 g/mol. The van der Waals surface area contributed by atoms with E-state index in [0.717, 1.165) is 16.8 Å². The first-order valence-corrected chi connectivity index (χ1v) is 8.18. The van der Waals surface area contributed by atoms with Gasteiger partial charge in [-0.2, -0.15) is 10.5 Å². The molecule has 0 aliphatic rings. The molecule has 1 amide bonds. The molecule has 0 bridgehead atoms. The number of aromatic amines is 1. The van der Waals surface area contributed by atoms with Gasteiger partial charge < -0.3 is 10.3 Å². The van der Waals surface area contributed by atoms with Crippen LogP contribution in [0.2, 0.25) is 0 Å². The van der Waals surface area contributed by atoms with E-state index in [2.05, 4.69) is 27.4 Å². The number of aromatic nitrogens is 2. The van der Waals surface area contributed by atoms with Gasteiger partial charge in [-0.05, 0) is 35.9 Å². The highest BCUT2D eigenvalue weighted by Gasteiger charge is 2.05. The average Bonchev–Trinajstić information content (AvgIpc) is 3.20. The smallest absolute Gasteiger partial charge is 0.244 e. The number of H-pyrrole nitrogens is 1. The minimum atomic E-state index is -0.262. The average molecular weight is 353 g/mol. The van der Waals surface area contributed by atoms with Gasteiger partial charge in [0.25, 0.3) is 0 Å². The third-order valence-electron chi connectivity index (χ3n) is 3.80. The zero-order valence-electron chi connectivity index (χ0n) is 14.3. The highest BCUT2D eigenvalue weighted by molar-refractivity contribution is 5.91. The standard InChI is InChI=1S/C21H15N5O/c22-11-16-4-1-3-15(9-16)7-8-21(27)25-14-20-24-13-19(26-20)18-6-2-5-17(10-18)12-23/h1-10,13H,14H2,(H,24,26)(H,25,27). The van der Waals surface area contributed by atoms with Crippen molar-refractivity contribution >= 4 is 12.0 Å². The van der Waals surface area contributed by atoms with Crippen molar-refractivity contribution in [1.82, 2.24) is 15.3 Å². The van der Waals surface area contributed by atoms with Crippen LogP contribution in [0, 0.1) is 22.7 Å². The second-order valence-corrected chi connectivity index (χ2v) is 5.72. The highest BCUT2D eigenvalue weighted by Crippen LogP contribution is 2.18. The maximum Gasteiger partial charge on any atom is 0.244 e. The van der Waals surface area contributed by atoms with Crippen LogP contribution >= 0.6 is 0 Å². The Bertz CT molecular complexity index is 1080.